The van der Waals surface area contributed by atoms with E-state index in [1.807, 2.05) is 12.1 Å². The number of methoxy groups -OCH3 is 1. The molecule has 0 saturated carbocycles. The lowest BCUT2D eigenvalue weighted by Crippen LogP contribution is -2.17. The van der Waals surface area contributed by atoms with Crippen molar-refractivity contribution in [3.63, 3.8) is 0 Å². The zero-order valence-corrected chi connectivity index (χ0v) is 8.87. The predicted octanol–water partition coefficient (Wildman–Crippen LogP) is 2.31. The van der Waals surface area contributed by atoms with Crippen LogP contribution in [0.4, 0.5) is 0 Å². The molecule has 0 heterocycles. The summed E-state index contributed by atoms with van der Waals surface area (Å²) in [4.78, 5) is 0. The fraction of sp³-hybridized carbons (Fsp3) is 0.500. The molecule has 0 aliphatic heterocycles. The largest absolute Gasteiger partial charge is 0.496 e. The summed E-state index contributed by atoms with van der Waals surface area (Å²) < 4.78 is 5.26. The maximum Gasteiger partial charge on any atom is 0.124 e. The lowest BCUT2D eigenvalue weighted by molar-refractivity contribution is 0.0648. The number of hydrogen-bond donors (Lipinski definition) is 1. The Balaban J connectivity index is 2.54. The van der Waals surface area contributed by atoms with Crippen molar-refractivity contribution in [3.8, 4) is 5.75 Å². The van der Waals surface area contributed by atoms with Crippen LogP contribution in [0.25, 0.3) is 0 Å². The van der Waals surface area contributed by atoms with Crippen molar-refractivity contribution in [2.45, 2.75) is 26.4 Å². The Morgan fingerprint density at radius 3 is 2.79 bits per heavy atom. The Kier molecular flexibility index (Phi) is 2.04. The van der Waals surface area contributed by atoms with E-state index >= 15 is 0 Å². The zero-order valence-electron chi connectivity index (χ0n) is 8.87. The van der Waals surface area contributed by atoms with Gasteiger partial charge in [0.25, 0.3) is 0 Å². The molecule has 0 bridgehead atoms. The molecule has 0 amide bonds. The van der Waals surface area contributed by atoms with Gasteiger partial charge in [0.2, 0.25) is 0 Å². The van der Waals surface area contributed by atoms with Gasteiger partial charge in [-0.1, -0.05) is 26.0 Å². The monoisotopic (exact) mass is 192 g/mol. The van der Waals surface area contributed by atoms with Crippen LogP contribution in [-0.4, -0.2) is 12.2 Å². The first-order valence-electron chi connectivity index (χ1n) is 4.90. The Labute approximate surface area is 84.5 Å². The molecule has 1 atom stereocenters. The highest BCUT2D eigenvalue weighted by atomic mass is 16.5. The highest BCUT2D eigenvalue weighted by Gasteiger charge is 2.39. The first-order chi connectivity index (χ1) is 6.56. The van der Waals surface area contributed by atoms with Crippen molar-refractivity contribution in [2.24, 2.45) is 5.41 Å². The summed E-state index contributed by atoms with van der Waals surface area (Å²) in [5.41, 5.74) is 2.11. The van der Waals surface area contributed by atoms with Crippen LogP contribution in [-0.2, 0) is 6.42 Å². The zero-order chi connectivity index (χ0) is 10.3. The Bertz CT molecular complexity index is 355. The molecular weight excluding hydrogens is 176 g/mol. The summed E-state index contributed by atoms with van der Waals surface area (Å²) in [5.74, 6) is 0.806. The molecule has 1 aliphatic rings. The van der Waals surface area contributed by atoms with E-state index in [1.165, 1.54) is 5.56 Å². The molecule has 1 aromatic carbocycles. The molecule has 0 fully saturated rings. The molecule has 14 heavy (non-hydrogen) atoms. The third-order valence-corrected chi connectivity index (χ3v) is 3.04. The molecule has 76 valence electrons. The lowest BCUT2D eigenvalue weighted by Gasteiger charge is -2.22. The Hall–Kier alpha value is -1.02. The fourth-order valence-corrected chi connectivity index (χ4v) is 2.21. The van der Waals surface area contributed by atoms with Crippen molar-refractivity contribution in [2.75, 3.05) is 7.11 Å². The maximum absolute atomic E-state index is 10.1. The van der Waals surface area contributed by atoms with Crippen LogP contribution < -0.4 is 4.74 Å². The van der Waals surface area contributed by atoms with Crippen molar-refractivity contribution in [1.29, 1.82) is 0 Å². The SMILES string of the molecule is COc1cccc2c1C(O)C(C)(C)C2. The van der Waals surface area contributed by atoms with Gasteiger partial charge < -0.3 is 9.84 Å². The lowest BCUT2D eigenvalue weighted by atomic mass is 9.87. The van der Waals surface area contributed by atoms with Gasteiger partial charge in [-0.25, -0.2) is 0 Å². The van der Waals surface area contributed by atoms with Gasteiger partial charge in [-0.15, -0.1) is 0 Å². The van der Waals surface area contributed by atoms with Crippen molar-refractivity contribution in [3.05, 3.63) is 29.3 Å². The van der Waals surface area contributed by atoms with E-state index in [-0.39, 0.29) is 5.41 Å². The van der Waals surface area contributed by atoms with Crippen LogP contribution in [0.1, 0.15) is 31.1 Å². The van der Waals surface area contributed by atoms with E-state index in [4.69, 9.17) is 4.74 Å². The molecule has 2 nitrogen and oxygen atoms in total. The van der Waals surface area contributed by atoms with Crippen molar-refractivity contribution >= 4 is 0 Å². The van der Waals surface area contributed by atoms with E-state index in [0.717, 1.165) is 17.7 Å². The predicted molar refractivity (Wildman–Crippen MR) is 55.4 cm³/mol. The van der Waals surface area contributed by atoms with E-state index in [9.17, 15) is 5.11 Å². The molecular formula is C12H16O2. The Morgan fingerprint density at radius 1 is 1.43 bits per heavy atom. The number of aliphatic hydroxyl groups excluding tert-OH is 1. The molecule has 1 unspecified atom stereocenters. The number of hydrogen-bond acceptors (Lipinski definition) is 2. The number of ether oxygens (including phenoxy) is 1. The van der Waals surface area contributed by atoms with Crippen LogP contribution in [0.3, 0.4) is 0 Å². The van der Waals surface area contributed by atoms with Gasteiger partial charge in [0.1, 0.15) is 5.75 Å². The summed E-state index contributed by atoms with van der Waals surface area (Å²) in [6.45, 7) is 4.16. The van der Waals surface area contributed by atoms with Crippen LogP contribution in [0.15, 0.2) is 18.2 Å². The van der Waals surface area contributed by atoms with Gasteiger partial charge in [-0.3, -0.25) is 0 Å². The van der Waals surface area contributed by atoms with Gasteiger partial charge in [-0.2, -0.15) is 0 Å². The molecule has 1 N–H and O–H groups in total. The summed E-state index contributed by atoms with van der Waals surface area (Å²) in [6.07, 6.45) is 0.509. The summed E-state index contributed by atoms with van der Waals surface area (Å²) in [6, 6.07) is 5.95. The third kappa shape index (κ3) is 1.22. The van der Waals surface area contributed by atoms with Gasteiger partial charge >= 0.3 is 0 Å². The second-order valence-electron chi connectivity index (χ2n) is 4.60. The number of aliphatic hydroxyl groups is 1. The summed E-state index contributed by atoms with van der Waals surface area (Å²) >= 11 is 0. The average molecular weight is 192 g/mol. The molecule has 0 radical (unpaired) electrons. The molecule has 1 aromatic rings. The topological polar surface area (TPSA) is 29.5 Å². The number of benzene rings is 1. The van der Waals surface area contributed by atoms with Crippen LogP contribution in [0.5, 0.6) is 5.75 Å². The first kappa shape index (κ1) is 9.53. The van der Waals surface area contributed by atoms with Gasteiger partial charge in [0, 0.05) is 5.56 Å². The van der Waals surface area contributed by atoms with E-state index in [2.05, 4.69) is 19.9 Å². The third-order valence-electron chi connectivity index (χ3n) is 3.04. The highest BCUT2D eigenvalue weighted by molar-refractivity contribution is 5.46. The second kappa shape index (κ2) is 2.99. The normalized spacial score (nSPS) is 23.3. The Morgan fingerprint density at radius 2 is 2.14 bits per heavy atom. The quantitative estimate of drug-likeness (QED) is 0.740. The summed E-state index contributed by atoms with van der Waals surface area (Å²) in [7, 11) is 1.65. The minimum absolute atomic E-state index is 0.0725. The number of rotatable bonds is 1. The molecule has 2 heteroatoms. The molecule has 0 spiro atoms. The standard InChI is InChI=1S/C12H16O2/c1-12(2)7-8-5-4-6-9(14-3)10(8)11(12)13/h4-6,11,13H,7H2,1-3H3. The van der Waals surface area contributed by atoms with E-state index in [0.29, 0.717) is 0 Å². The van der Waals surface area contributed by atoms with Gasteiger partial charge in [0.05, 0.1) is 13.2 Å². The highest BCUT2D eigenvalue weighted by Crippen LogP contribution is 2.48. The minimum Gasteiger partial charge on any atom is -0.496 e. The molecule has 2 rings (SSSR count). The average Bonchev–Trinajstić information content (AvgIpc) is 2.37. The molecule has 0 saturated heterocycles. The van der Waals surface area contributed by atoms with Crippen molar-refractivity contribution < 1.29 is 9.84 Å². The van der Waals surface area contributed by atoms with Crippen molar-refractivity contribution in [1.82, 2.24) is 0 Å². The fourth-order valence-electron chi connectivity index (χ4n) is 2.21. The van der Waals surface area contributed by atoms with Crippen LogP contribution in [0, 0.1) is 5.41 Å². The van der Waals surface area contributed by atoms with Gasteiger partial charge in [-0.05, 0) is 23.5 Å². The van der Waals surface area contributed by atoms with Gasteiger partial charge in [0.15, 0.2) is 0 Å². The summed E-state index contributed by atoms with van der Waals surface area (Å²) in [5, 5.41) is 10.1. The maximum atomic E-state index is 10.1. The smallest absolute Gasteiger partial charge is 0.124 e. The van der Waals surface area contributed by atoms with Crippen LogP contribution >= 0.6 is 0 Å². The van der Waals surface area contributed by atoms with E-state index < -0.39 is 6.10 Å². The first-order valence-corrected chi connectivity index (χ1v) is 4.90. The number of fused-ring (bicyclic) bond motifs is 1. The minimum atomic E-state index is -0.409. The molecule has 0 aromatic heterocycles. The van der Waals surface area contributed by atoms with Crippen LogP contribution in [0.2, 0.25) is 0 Å². The molecule has 1 aliphatic carbocycles. The second-order valence-corrected chi connectivity index (χ2v) is 4.60. The van der Waals surface area contributed by atoms with E-state index in [1.54, 1.807) is 7.11 Å².